The maximum absolute atomic E-state index is 13.7. The van der Waals surface area contributed by atoms with Crippen molar-refractivity contribution in [2.45, 2.75) is 31.4 Å². The summed E-state index contributed by atoms with van der Waals surface area (Å²) in [6.07, 6.45) is -10.1. The first-order valence-electron chi connectivity index (χ1n) is 9.38. The van der Waals surface area contributed by atoms with E-state index in [9.17, 15) is 36.2 Å². The molecule has 2 rings (SSSR count). The number of alkyl halides is 6. The van der Waals surface area contributed by atoms with E-state index in [1.807, 2.05) is 0 Å². The van der Waals surface area contributed by atoms with Crippen LogP contribution >= 0.6 is 23.2 Å². The average molecular weight is 518 g/mol. The highest BCUT2D eigenvalue weighted by Gasteiger charge is 2.55. The molecular weight excluding hydrogens is 499 g/mol. The third-order valence-corrected chi connectivity index (χ3v) is 4.99. The Morgan fingerprint density at radius 3 is 2.09 bits per heavy atom. The molecule has 0 bridgehead atoms. The fraction of sp³-hybridized carbons (Fsp3) is 0.350. The maximum Gasteiger partial charge on any atom is 0.423 e. The fourth-order valence-corrected chi connectivity index (χ4v) is 3.42. The van der Waals surface area contributed by atoms with Crippen molar-refractivity contribution in [3.63, 3.8) is 0 Å². The van der Waals surface area contributed by atoms with Crippen molar-refractivity contribution in [3.8, 4) is 0 Å². The van der Waals surface area contributed by atoms with Gasteiger partial charge in [-0.25, -0.2) is 4.79 Å². The highest BCUT2D eigenvalue weighted by atomic mass is 35.5. The molecule has 182 valence electrons. The predicted octanol–water partition coefficient (Wildman–Crippen LogP) is 5.69. The number of rotatable bonds is 7. The Morgan fingerprint density at radius 2 is 1.58 bits per heavy atom. The van der Waals surface area contributed by atoms with Gasteiger partial charge in [-0.2, -0.15) is 26.3 Å². The second-order valence-corrected chi connectivity index (χ2v) is 7.83. The Morgan fingerprint density at radius 1 is 0.970 bits per heavy atom. The van der Waals surface area contributed by atoms with E-state index in [0.717, 1.165) is 24.3 Å². The van der Waals surface area contributed by atoms with Crippen LogP contribution in [0, 0.1) is 0 Å². The number of carbonyl (C=O) groups is 1. The van der Waals surface area contributed by atoms with Gasteiger partial charge in [-0.05, 0) is 48.4 Å². The fourth-order valence-electron chi connectivity index (χ4n) is 2.89. The molecule has 0 spiro atoms. The summed E-state index contributed by atoms with van der Waals surface area (Å²) in [5.41, 5.74) is -5.98. The molecule has 0 saturated carbocycles. The summed E-state index contributed by atoms with van der Waals surface area (Å²) in [6, 6.07) is 4.92. The molecule has 5 nitrogen and oxygen atoms in total. The van der Waals surface area contributed by atoms with E-state index in [2.05, 4.69) is 16.0 Å². The average Bonchev–Trinajstić information content (AvgIpc) is 2.68. The van der Waals surface area contributed by atoms with Crippen LogP contribution in [-0.4, -0.2) is 30.4 Å². The van der Waals surface area contributed by atoms with Crippen molar-refractivity contribution in [2.75, 3.05) is 18.4 Å². The van der Waals surface area contributed by atoms with Crippen LogP contribution in [0.4, 0.5) is 36.8 Å². The lowest BCUT2D eigenvalue weighted by Crippen LogP contribution is -2.47. The molecule has 0 saturated heterocycles. The molecule has 0 heterocycles. The van der Waals surface area contributed by atoms with Crippen LogP contribution in [0.25, 0.3) is 0 Å². The van der Waals surface area contributed by atoms with Crippen molar-refractivity contribution >= 4 is 34.9 Å². The minimum absolute atomic E-state index is 0.163. The number of halogens is 8. The van der Waals surface area contributed by atoms with Crippen LogP contribution in [0.15, 0.2) is 36.4 Å². The third kappa shape index (κ3) is 6.81. The quantitative estimate of drug-likeness (QED) is 0.356. The van der Waals surface area contributed by atoms with Gasteiger partial charge in [0.1, 0.15) is 0 Å². The zero-order valence-corrected chi connectivity index (χ0v) is 18.5. The number of hydrogen-bond acceptors (Lipinski definition) is 3. The van der Waals surface area contributed by atoms with Crippen LogP contribution < -0.4 is 16.0 Å². The zero-order valence-electron chi connectivity index (χ0n) is 17.0. The molecule has 0 aliphatic heterocycles. The van der Waals surface area contributed by atoms with Crippen LogP contribution in [0.5, 0.6) is 0 Å². The number of aliphatic hydroxyl groups is 1. The molecule has 33 heavy (non-hydrogen) atoms. The van der Waals surface area contributed by atoms with Crippen LogP contribution in [-0.2, 0) is 18.3 Å². The van der Waals surface area contributed by atoms with Crippen LogP contribution in [0.3, 0.4) is 0 Å². The van der Waals surface area contributed by atoms with Gasteiger partial charge in [0.15, 0.2) is 0 Å². The van der Waals surface area contributed by atoms with Gasteiger partial charge >= 0.3 is 18.4 Å². The van der Waals surface area contributed by atoms with E-state index in [4.69, 9.17) is 23.2 Å². The first-order valence-corrected chi connectivity index (χ1v) is 10.1. The molecule has 2 aromatic carbocycles. The van der Waals surface area contributed by atoms with E-state index >= 15 is 0 Å². The molecule has 1 atom stereocenters. The summed E-state index contributed by atoms with van der Waals surface area (Å²) >= 11 is 11.5. The molecule has 13 heteroatoms. The predicted molar refractivity (Wildman–Crippen MR) is 112 cm³/mol. The number of benzene rings is 2. The molecular formula is C20H19Cl2F6N3O2. The molecule has 0 radical (unpaired) electrons. The molecule has 0 aliphatic rings. The minimum Gasteiger partial charge on any atom is -0.381 e. The molecule has 2 amide bonds. The Labute approximate surface area is 195 Å². The molecule has 0 fully saturated rings. The topological polar surface area (TPSA) is 73.4 Å². The van der Waals surface area contributed by atoms with Crippen molar-refractivity contribution < 1.29 is 36.2 Å². The smallest absolute Gasteiger partial charge is 0.381 e. The first-order chi connectivity index (χ1) is 15.2. The number of anilines is 1. The van der Waals surface area contributed by atoms with E-state index < -0.39 is 48.2 Å². The summed E-state index contributed by atoms with van der Waals surface area (Å²) in [5.74, 6) is 0. The molecule has 0 aromatic heterocycles. The molecule has 2 aromatic rings. The normalized spacial score (nSPS) is 13.9. The highest BCUT2D eigenvalue weighted by molar-refractivity contribution is 6.34. The van der Waals surface area contributed by atoms with Gasteiger partial charge in [-0.1, -0.05) is 29.3 Å². The lowest BCUT2D eigenvalue weighted by molar-refractivity contribution is -0.260. The second-order valence-electron chi connectivity index (χ2n) is 6.95. The van der Waals surface area contributed by atoms with Crippen molar-refractivity contribution in [1.29, 1.82) is 0 Å². The van der Waals surface area contributed by atoms with E-state index in [0.29, 0.717) is 6.07 Å². The SMILES string of the molecule is CCNC(=O)NCc1ccc(NC[C@@](O)(c2cc(Cl)cc(Cl)c2)C(F)(F)F)cc1C(F)(F)F. The van der Waals surface area contributed by atoms with Gasteiger partial charge in [0.25, 0.3) is 0 Å². The Bertz CT molecular complexity index is 980. The third-order valence-electron chi connectivity index (χ3n) is 4.55. The Kier molecular flexibility index (Phi) is 8.36. The zero-order chi connectivity index (χ0) is 25.0. The van der Waals surface area contributed by atoms with Crippen LogP contribution in [0.1, 0.15) is 23.6 Å². The summed E-state index contributed by atoms with van der Waals surface area (Å²) < 4.78 is 81.7. The summed E-state index contributed by atoms with van der Waals surface area (Å²) in [4.78, 5) is 11.5. The minimum atomic E-state index is -5.21. The summed E-state index contributed by atoms with van der Waals surface area (Å²) in [6.45, 7) is 0.205. The lowest BCUT2D eigenvalue weighted by atomic mass is 9.92. The number of urea groups is 1. The number of hydrogen-bond donors (Lipinski definition) is 4. The molecule has 0 unspecified atom stereocenters. The van der Waals surface area contributed by atoms with Gasteiger partial charge in [0, 0.05) is 28.8 Å². The van der Waals surface area contributed by atoms with Crippen molar-refractivity contribution in [1.82, 2.24) is 10.6 Å². The standard InChI is InChI=1S/C20H19Cl2F6N3O2/c1-2-29-17(32)30-9-11-3-4-15(8-16(11)19(23,24)25)31-10-18(33,20(26,27)28)12-5-13(21)7-14(22)6-12/h3-8,31,33H,2,9-10H2,1H3,(H2,29,30,32)/t18-/m1/s1. The highest BCUT2D eigenvalue weighted by Crippen LogP contribution is 2.41. The second kappa shape index (κ2) is 10.3. The van der Waals surface area contributed by atoms with Gasteiger partial charge in [-0.3, -0.25) is 0 Å². The molecule has 4 N–H and O–H groups in total. The van der Waals surface area contributed by atoms with E-state index in [1.165, 1.54) is 6.07 Å². The first kappa shape index (κ1) is 26.9. The summed E-state index contributed by atoms with van der Waals surface area (Å²) in [7, 11) is 0. The van der Waals surface area contributed by atoms with Gasteiger partial charge in [0.2, 0.25) is 5.60 Å². The molecule has 0 aliphatic carbocycles. The number of nitrogens with one attached hydrogen (secondary N) is 3. The van der Waals surface area contributed by atoms with E-state index in [-0.39, 0.29) is 27.8 Å². The van der Waals surface area contributed by atoms with Gasteiger partial charge in [0.05, 0.1) is 12.1 Å². The largest absolute Gasteiger partial charge is 0.423 e. The summed E-state index contributed by atoms with van der Waals surface area (Å²) in [5, 5.41) is 16.9. The van der Waals surface area contributed by atoms with Crippen LogP contribution in [0.2, 0.25) is 10.0 Å². The Hall–Kier alpha value is -2.37. The maximum atomic E-state index is 13.7. The Balaban J connectivity index is 2.33. The number of amides is 2. The van der Waals surface area contributed by atoms with E-state index in [1.54, 1.807) is 6.92 Å². The number of carbonyl (C=O) groups excluding carboxylic acids is 1. The van der Waals surface area contributed by atoms with Crippen molar-refractivity contribution in [2.24, 2.45) is 0 Å². The van der Waals surface area contributed by atoms with Gasteiger partial charge in [-0.15, -0.1) is 0 Å². The van der Waals surface area contributed by atoms with Gasteiger partial charge < -0.3 is 21.1 Å². The monoisotopic (exact) mass is 517 g/mol. The lowest BCUT2D eigenvalue weighted by Gasteiger charge is -2.32. The van der Waals surface area contributed by atoms with Crippen molar-refractivity contribution in [3.05, 3.63) is 63.1 Å².